The van der Waals surface area contributed by atoms with E-state index >= 15 is 0 Å². The van der Waals surface area contributed by atoms with Crippen LogP contribution in [0.4, 0.5) is 13.2 Å². The molecule has 1 aliphatic heterocycles. The molecule has 1 N–H and O–H groups in total. The Morgan fingerprint density at radius 2 is 1.91 bits per heavy atom. The molecule has 2 aromatic rings. The third-order valence-corrected chi connectivity index (χ3v) is 5.74. The van der Waals surface area contributed by atoms with Crippen molar-refractivity contribution < 1.29 is 27.4 Å². The average molecular weight is 505 g/mol. The van der Waals surface area contributed by atoms with Crippen LogP contribution in [0.1, 0.15) is 23.1 Å². The predicted octanol–water partition coefficient (Wildman–Crippen LogP) is 4.89. The third kappa shape index (κ3) is 7.00. The molecule has 0 spiro atoms. The summed E-state index contributed by atoms with van der Waals surface area (Å²) in [5.74, 6) is -0.609. The van der Waals surface area contributed by atoms with Gasteiger partial charge in [-0.3, -0.25) is 4.79 Å². The first-order valence-electron chi connectivity index (χ1n) is 10.5. The second-order valence-electron chi connectivity index (χ2n) is 7.75. The number of carbonyl (C=O) groups excluding carboxylic acids is 1. The molecule has 7 nitrogen and oxygen atoms in total. The molecular formula is C24H23F3N4O3S. The molecule has 0 saturated heterocycles. The summed E-state index contributed by atoms with van der Waals surface area (Å²) in [6, 6.07) is 9.35. The number of hydrogen-bond acceptors (Lipinski definition) is 7. The zero-order valence-electron chi connectivity index (χ0n) is 19.3. The highest BCUT2D eigenvalue weighted by atomic mass is 32.2. The van der Waals surface area contributed by atoms with E-state index in [1.54, 1.807) is 24.3 Å². The molecule has 1 aliphatic rings. The maximum Gasteiger partial charge on any atom is 0.420 e. The summed E-state index contributed by atoms with van der Waals surface area (Å²) in [7, 11) is 5.32. The fourth-order valence-corrected chi connectivity index (χ4v) is 3.95. The van der Waals surface area contributed by atoms with Crippen molar-refractivity contribution in [2.24, 2.45) is 4.99 Å². The lowest BCUT2D eigenvalue weighted by Crippen LogP contribution is -2.24. The monoisotopic (exact) mass is 504 g/mol. The van der Waals surface area contributed by atoms with Crippen LogP contribution in [0.15, 0.2) is 46.3 Å². The number of rotatable bonds is 8. The molecule has 0 radical (unpaired) electrons. The number of nitrogens with zero attached hydrogens (tertiary/aromatic N) is 3. The first-order valence-corrected chi connectivity index (χ1v) is 11.3. The standard InChI is InChI=1S/C24H23F3N4O3S/c1-31(2)10-4-9-29-23-30-22(32)21(35-23)13-15-5-8-19(20(12-15)33-3)34-18-7-6-16(14-28)11-17(18)24(25,26)27/h5-8,11-13H,4,9-10H2,1-3H3,(H,29,30,32). The molecule has 2 aromatic carbocycles. The van der Waals surface area contributed by atoms with Gasteiger partial charge in [0, 0.05) is 6.54 Å². The van der Waals surface area contributed by atoms with Crippen LogP contribution in [0.2, 0.25) is 0 Å². The van der Waals surface area contributed by atoms with Gasteiger partial charge in [-0.1, -0.05) is 6.07 Å². The van der Waals surface area contributed by atoms with E-state index in [0.29, 0.717) is 22.2 Å². The molecule has 0 unspecified atom stereocenters. The van der Waals surface area contributed by atoms with E-state index < -0.39 is 17.5 Å². The van der Waals surface area contributed by atoms with Crippen LogP contribution < -0.4 is 14.8 Å². The Hall–Kier alpha value is -3.49. The van der Waals surface area contributed by atoms with Gasteiger partial charge in [0.15, 0.2) is 16.7 Å². The van der Waals surface area contributed by atoms with Crippen molar-refractivity contribution in [1.82, 2.24) is 10.2 Å². The van der Waals surface area contributed by atoms with Crippen LogP contribution in [0.25, 0.3) is 6.08 Å². The first kappa shape index (κ1) is 26.1. The molecule has 3 rings (SSSR count). The number of benzene rings is 2. The number of amidine groups is 1. The summed E-state index contributed by atoms with van der Waals surface area (Å²) in [6.07, 6.45) is -2.19. The van der Waals surface area contributed by atoms with Crippen molar-refractivity contribution in [2.75, 3.05) is 34.3 Å². The largest absolute Gasteiger partial charge is 0.493 e. The van der Waals surface area contributed by atoms with E-state index in [2.05, 4.69) is 15.2 Å². The summed E-state index contributed by atoms with van der Waals surface area (Å²) in [4.78, 5) is 18.7. The molecule has 184 valence electrons. The number of ether oxygens (including phenoxy) is 2. The number of thioether (sulfide) groups is 1. The molecule has 1 heterocycles. The minimum absolute atomic E-state index is 0.0507. The van der Waals surface area contributed by atoms with Gasteiger partial charge in [0.2, 0.25) is 0 Å². The third-order valence-electron chi connectivity index (χ3n) is 4.80. The summed E-state index contributed by atoms with van der Waals surface area (Å²) in [5.41, 5.74) is -0.614. The molecule has 0 atom stereocenters. The van der Waals surface area contributed by atoms with Crippen molar-refractivity contribution in [3.63, 3.8) is 0 Å². The maximum absolute atomic E-state index is 13.5. The number of nitrogens with one attached hydrogen (secondary N) is 1. The molecule has 0 aliphatic carbocycles. The molecule has 0 saturated carbocycles. The number of hydrogen-bond donors (Lipinski definition) is 1. The number of amides is 1. The van der Waals surface area contributed by atoms with Crippen LogP contribution in [-0.4, -0.2) is 50.3 Å². The van der Waals surface area contributed by atoms with Gasteiger partial charge in [0.1, 0.15) is 5.75 Å². The highest BCUT2D eigenvalue weighted by Gasteiger charge is 2.35. The molecule has 1 amide bonds. The van der Waals surface area contributed by atoms with Crippen molar-refractivity contribution in [2.45, 2.75) is 12.6 Å². The molecule has 0 bridgehead atoms. The number of methoxy groups -OCH3 is 1. The average Bonchev–Trinajstić information content (AvgIpc) is 3.15. The lowest BCUT2D eigenvalue weighted by molar-refractivity contribution is -0.138. The SMILES string of the molecule is COc1cc(C=C2SC(NCCCN(C)C)=NC2=O)ccc1Oc1ccc(C#N)cc1C(F)(F)F. The Bertz CT molecular complexity index is 1200. The topological polar surface area (TPSA) is 86.9 Å². The van der Waals surface area contributed by atoms with E-state index in [1.165, 1.54) is 31.0 Å². The smallest absolute Gasteiger partial charge is 0.420 e. The normalized spacial score (nSPS) is 14.7. The summed E-state index contributed by atoms with van der Waals surface area (Å²) in [5, 5.41) is 12.6. The van der Waals surface area contributed by atoms with E-state index in [9.17, 15) is 18.0 Å². The van der Waals surface area contributed by atoms with Crippen molar-refractivity contribution in [3.8, 4) is 23.3 Å². The van der Waals surface area contributed by atoms with Crippen LogP contribution in [0.5, 0.6) is 17.2 Å². The Kier molecular flexibility index (Phi) is 8.43. The molecule has 11 heteroatoms. The van der Waals surface area contributed by atoms with Gasteiger partial charge in [-0.15, -0.1) is 0 Å². The quantitative estimate of drug-likeness (QED) is 0.405. The van der Waals surface area contributed by atoms with Gasteiger partial charge in [0.05, 0.1) is 29.2 Å². The maximum atomic E-state index is 13.5. The minimum atomic E-state index is -4.71. The van der Waals surface area contributed by atoms with E-state index in [0.717, 1.165) is 25.1 Å². The van der Waals surface area contributed by atoms with Gasteiger partial charge in [-0.05, 0) is 80.8 Å². The van der Waals surface area contributed by atoms with Crippen molar-refractivity contribution in [1.29, 1.82) is 5.26 Å². The number of nitriles is 1. The lowest BCUT2D eigenvalue weighted by atomic mass is 10.1. The summed E-state index contributed by atoms with van der Waals surface area (Å²) in [6.45, 7) is 1.59. The predicted molar refractivity (Wildman–Crippen MR) is 128 cm³/mol. The molecule has 0 fully saturated rings. The molecule has 0 aromatic heterocycles. The van der Waals surface area contributed by atoms with Gasteiger partial charge >= 0.3 is 6.18 Å². The van der Waals surface area contributed by atoms with Crippen LogP contribution in [0.3, 0.4) is 0 Å². The van der Waals surface area contributed by atoms with Crippen molar-refractivity contribution in [3.05, 3.63) is 58.0 Å². The van der Waals surface area contributed by atoms with Crippen LogP contribution in [0, 0.1) is 11.3 Å². The Balaban J connectivity index is 1.76. The lowest BCUT2D eigenvalue weighted by Gasteiger charge is -2.16. The molecular weight excluding hydrogens is 481 g/mol. The number of carbonyl (C=O) groups is 1. The van der Waals surface area contributed by atoms with Gasteiger partial charge in [-0.25, -0.2) is 0 Å². The van der Waals surface area contributed by atoms with Crippen LogP contribution >= 0.6 is 11.8 Å². The van der Waals surface area contributed by atoms with Crippen molar-refractivity contribution >= 4 is 28.9 Å². The number of alkyl halides is 3. The summed E-state index contributed by atoms with van der Waals surface area (Å²) < 4.78 is 51.2. The first-order chi connectivity index (χ1) is 16.6. The van der Waals surface area contributed by atoms with Gasteiger partial charge in [0.25, 0.3) is 5.91 Å². The second-order valence-corrected chi connectivity index (χ2v) is 8.78. The number of aliphatic imine (C=N–C) groups is 1. The number of halogens is 3. The fourth-order valence-electron chi connectivity index (χ4n) is 3.11. The Morgan fingerprint density at radius 3 is 2.57 bits per heavy atom. The second kappa shape index (κ2) is 11.3. The summed E-state index contributed by atoms with van der Waals surface area (Å²) >= 11 is 1.21. The zero-order valence-corrected chi connectivity index (χ0v) is 20.1. The zero-order chi connectivity index (χ0) is 25.6. The minimum Gasteiger partial charge on any atom is -0.493 e. The Morgan fingerprint density at radius 1 is 1.17 bits per heavy atom. The van der Waals surface area contributed by atoms with E-state index in [4.69, 9.17) is 14.7 Å². The van der Waals surface area contributed by atoms with Crippen LogP contribution in [-0.2, 0) is 11.0 Å². The fraction of sp³-hybridized carbons (Fsp3) is 0.292. The Labute approximate surface area is 205 Å². The van der Waals surface area contributed by atoms with Gasteiger partial charge in [-0.2, -0.15) is 23.4 Å². The van der Waals surface area contributed by atoms with E-state index in [1.807, 2.05) is 14.1 Å². The highest BCUT2D eigenvalue weighted by Crippen LogP contribution is 2.41. The van der Waals surface area contributed by atoms with E-state index in [-0.39, 0.29) is 23.0 Å². The van der Waals surface area contributed by atoms with Gasteiger partial charge < -0.3 is 19.7 Å². The highest BCUT2D eigenvalue weighted by molar-refractivity contribution is 8.18. The molecule has 35 heavy (non-hydrogen) atoms.